The molecule has 1 amide bonds. The lowest BCUT2D eigenvalue weighted by Crippen LogP contribution is -2.39. The Morgan fingerprint density at radius 3 is 2.79 bits per heavy atom. The van der Waals surface area contributed by atoms with Crippen LogP contribution in [0.15, 0.2) is 41.8 Å². The highest BCUT2D eigenvalue weighted by Gasteiger charge is 2.37. The molecule has 126 valence electrons. The summed E-state index contributed by atoms with van der Waals surface area (Å²) in [6, 6.07) is 7.98. The van der Waals surface area contributed by atoms with Crippen molar-refractivity contribution >= 4 is 40.3 Å². The van der Waals surface area contributed by atoms with Gasteiger partial charge in [-0.3, -0.25) is 9.69 Å². The third kappa shape index (κ3) is 3.73. The number of para-hydroxylation sites is 1. The largest absolute Gasteiger partial charge is 0.489 e. The molecule has 0 unspecified atom stereocenters. The van der Waals surface area contributed by atoms with Gasteiger partial charge in [-0.15, -0.1) is 0 Å². The van der Waals surface area contributed by atoms with Gasteiger partial charge in [0.05, 0.1) is 4.91 Å². The van der Waals surface area contributed by atoms with Gasteiger partial charge in [0.15, 0.2) is 0 Å². The highest BCUT2D eigenvalue weighted by Crippen LogP contribution is 2.38. The molecule has 3 rings (SSSR count). The number of ether oxygens (including phenoxy) is 1. The number of hydrogen-bond acceptors (Lipinski definition) is 4. The molecule has 1 saturated carbocycles. The van der Waals surface area contributed by atoms with Crippen LogP contribution < -0.4 is 4.74 Å². The predicted octanol–water partition coefficient (Wildman–Crippen LogP) is 4.79. The van der Waals surface area contributed by atoms with Crippen LogP contribution >= 0.6 is 24.0 Å². The highest BCUT2D eigenvalue weighted by molar-refractivity contribution is 8.26. The fraction of sp³-hybridized carbons (Fsp3) is 0.368. The van der Waals surface area contributed by atoms with Gasteiger partial charge in [0.1, 0.15) is 16.7 Å². The van der Waals surface area contributed by atoms with E-state index in [9.17, 15) is 4.79 Å². The van der Waals surface area contributed by atoms with E-state index in [1.165, 1.54) is 31.0 Å². The second kappa shape index (κ2) is 7.99. The number of benzene rings is 1. The molecule has 5 heteroatoms. The topological polar surface area (TPSA) is 29.5 Å². The van der Waals surface area contributed by atoms with Crippen molar-refractivity contribution in [2.45, 2.75) is 38.1 Å². The average Bonchev–Trinajstić information content (AvgIpc) is 2.88. The SMILES string of the molecule is C=CCOc1ccccc1/C=C1/SC(=S)N(C2CCCCC2)C1=O. The fourth-order valence-electron chi connectivity index (χ4n) is 3.16. The van der Waals surface area contributed by atoms with Gasteiger partial charge >= 0.3 is 0 Å². The lowest BCUT2D eigenvalue weighted by atomic mass is 9.94. The van der Waals surface area contributed by atoms with Crippen molar-refractivity contribution in [2.75, 3.05) is 6.61 Å². The number of thiocarbonyl (C=S) groups is 1. The number of amides is 1. The van der Waals surface area contributed by atoms with Crippen LogP contribution in [0.25, 0.3) is 6.08 Å². The van der Waals surface area contributed by atoms with Crippen LogP contribution in [-0.2, 0) is 4.79 Å². The molecule has 0 aromatic heterocycles. The first-order valence-corrected chi connectivity index (χ1v) is 9.53. The third-order valence-electron chi connectivity index (χ3n) is 4.33. The number of rotatable bonds is 5. The zero-order valence-electron chi connectivity index (χ0n) is 13.6. The van der Waals surface area contributed by atoms with Crippen molar-refractivity contribution in [1.29, 1.82) is 0 Å². The lowest BCUT2D eigenvalue weighted by Gasteiger charge is -2.29. The van der Waals surface area contributed by atoms with E-state index in [4.69, 9.17) is 17.0 Å². The summed E-state index contributed by atoms with van der Waals surface area (Å²) in [5.74, 6) is 0.788. The molecule has 24 heavy (non-hydrogen) atoms. The lowest BCUT2D eigenvalue weighted by molar-refractivity contribution is -0.124. The molecule has 1 aromatic carbocycles. The van der Waals surface area contributed by atoms with Gasteiger partial charge in [0.2, 0.25) is 0 Å². The molecule has 0 atom stereocenters. The molecule has 1 aliphatic carbocycles. The van der Waals surface area contributed by atoms with E-state index in [1.54, 1.807) is 6.08 Å². The van der Waals surface area contributed by atoms with Crippen molar-refractivity contribution < 1.29 is 9.53 Å². The zero-order valence-corrected chi connectivity index (χ0v) is 15.2. The van der Waals surface area contributed by atoms with Crippen molar-refractivity contribution in [3.8, 4) is 5.75 Å². The molecule has 0 bridgehead atoms. The van der Waals surface area contributed by atoms with Crippen LogP contribution in [0.1, 0.15) is 37.7 Å². The molecule has 1 aromatic rings. The summed E-state index contributed by atoms with van der Waals surface area (Å²) in [5, 5.41) is 0. The van der Waals surface area contributed by atoms with E-state index in [2.05, 4.69) is 6.58 Å². The fourth-order valence-corrected chi connectivity index (χ4v) is 4.55. The molecule has 1 heterocycles. The van der Waals surface area contributed by atoms with E-state index in [1.807, 2.05) is 35.2 Å². The van der Waals surface area contributed by atoms with E-state index in [0.717, 1.165) is 24.2 Å². The number of carbonyl (C=O) groups excluding carboxylic acids is 1. The van der Waals surface area contributed by atoms with E-state index in [0.29, 0.717) is 15.8 Å². The molecule has 3 nitrogen and oxygen atoms in total. The maximum Gasteiger partial charge on any atom is 0.266 e. The monoisotopic (exact) mass is 359 g/mol. The molecular weight excluding hydrogens is 338 g/mol. The van der Waals surface area contributed by atoms with Gasteiger partial charge in [0, 0.05) is 11.6 Å². The summed E-state index contributed by atoms with van der Waals surface area (Å²) in [4.78, 5) is 15.3. The van der Waals surface area contributed by atoms with Crippen LogP contribution in [-0.4, -0.2) is 27.8 Å². The molecular formula is C19H21NO2S2. The van der Waals surface area contributed by atoms with Gasteiger partial charge in [-0.25, -0.2) is 0 Å². The van der Waals surface area contributed by atoms with Crippen LogP contribution in [0.2, 0.25) is 0 Å². The van der Waals surface area contributed by atoms with Gasteiger partial charge in [-0.1, -0.05) is 74.1 Å². The first-order valence-electron chi connectivity index (χ1n) is 8.30. The number of nitrogens with zero attached hydrogens (tertiary/aromatic N) is 1. The highest BCUT2D eigenvalue weighted by atomic mass is 32.2. The minimum Gasteiger partial charge on any atom is -0.489 e. The Morgan fingerprint density at radius 1 is 1.29 bits per heavy atom. The standard InChI is InChI=1S/C19H21NO2S2/c1-2-12-22-16-11-7-6-8-14(16)13-17-18(21)20(19(23)24-17)15-9-4-3-5-10-15/h2,6-8,11,13,15H,1,3-5,9-10,12H2/b17-13+. The molecule has 2 aliphatic rings. The van der Waals surface area contributed by atoms with Crippen molar-refractivity contribution in [3.05, 3.63) is 47.4 Å². The van der Waals surface area contributed by atoms with Gasteiger partial charge in [-0.2, -0.15) is 0 Å². The Hall–Kier alpha value is -1.59. The van der Waals surface area contributed by atoms with Crippen LogP contribution in [0, 0.1) is 0 Å². The molecule has 0 N–H and O–H groups in total. The van der Waals surface area contributed by atoms with Crippen molar-refractivity contribution in [2.24, 2.45) is 0 Å². The smallest absolute Gasteiger partial charge is 0.266 e. The zero-order chi connectivity index (χ0) is 16.9. The number of carbonyl (C=O) groups is 1. The Bertz CT molecular complexity index is 678. The van der Waals surface area contributed by atoms with Crippen LogP contribution in [0.5, 0.6) is 5.75 Å². The van der Waals surface area contributed by atoms with Crippen molar-refractivity contribution in [1.82, 2.24) is 4.90 Å². The summed E-state index contributed by atoms with van der Waals surface area (Å²) in [7, 11) is 0. The predicted molar refractivity (Wildman–Crippen MR) is 104 cm³/mol. The molecule has 0 radical (unpaired) electrons. The average molecular weight is 360 g/mol. The maximum absolute atomic E-state index is 12.8. The van der Waals surface area contributed by atoms with Crippen LogP contribution in [0.3, 0.4) is 0 Å². The summed E-state index contributed by atoms with van der Waals surface area (Å²) in [5.41, 5.74) is 0.892. The molecule has 1 aliphatic heterocycles. The number of hydrogen-bond donors (Lipinski definition) is 0. The summed E-state index contributed by atoms with van der Waals surface area (Å²) >= 11 is 6.87. The van der Waals surface area contributed by atoms with Gasteiger partial charge in [0.25, 0.3) is 5.91 Å². The second-order valence-electron chi connectivity index (χ2n) is 5.98. The molecule has 0 spiro atoms. The van der Waals surface area contributed by atoms with E-state index >= 15 is 0 Å². The van der Waals surface area contributed by atoms with Crippen molar-refractivity contribution in [3.63, 3.8) is 0 Å². The van der Waals surface area contributed by atoms with Crippen LogP contribution in [0.4, 0.5) is 0 Å². The molecule has 1 saturated heterocycles. The summed E-state index contributed by atoms with van der Waals surface area (Å²) < 4.78 is 6.36. The van der Waals surface area contributed by atoms with E-state index in [-0.39, 0.29) is 11.9 Å². The van der Waals surface area contributed by atoms with Gasteiger partial charge < -0.3 is 4.74 Å². The minimum absolute atomic E-state index is 0.0374. The normalized spacial score (nSPS) is 20.7. The second-order valence-corrected chi connectivity index (χ2v) is 7.66. The quantitative estimate of drug-likeness (QED) is 0.430. The van der Waals surface area contributed by atoms with Gasteiger partial charge in [-0.05, 0) is 25.0 Å². The summed E-state index contributed by atoms with van der Waals surface area (Å²) in [6.07, 6.45) is 9.32. The Kier molecular flexibility index (Phi) is 5.74. The Balaban J connectivity index is 1.82. The Morgan fingerprint density at radius 2 is 2.04 bits per heavy atom. The Labute approximate surface area is 152 Å². The summed E-state index contributed by atoms with van der Waals surface area (Å²) in [6.45, 7) is 4.11. The number of thioether (sulfide) groups is 1. The van der Waals surface area contributed by atoms with E-state index < -0.39 is 0 Å². The first kappa shape index (κ1) is 17.2. The third-order valence-corrected chi connectivity index (χ3v) is 5.66. The molecule has 2 fully saturated rings. The first-order chi connectivity index (χ1) is 11.7. The maximum atomic E-state index is 12.8. The minimum atomic E-state index is 0.0374.